The maximum atomic E-state index is 12.1. The highest BCUT2D eigenvalue weighted by atomic mass is 16.7. The Morgan fingerprint density at radius 1 is 1.18 bits per heavy atom. The molecule has 0 bridgehead atoms. The van der Waals surface area contributed by atoms with Crippen LogP contribution in [0.5, 0.6) is 0 Å². The van der Waals surface area contributed by atoms with Crippen molar-refractivity contribution in [1.29, 1.82) is 0 Å². The van der Waals surface area contributed by atoms with E-state index in [9.17, 15) is 14.4 Å². The molecular weight excluding hydrogens is 288 g/mol. The molecule has 2 amide bonds. The fourth-order valence-corrected chi connectivity index (χ4v) is 2.07. The molecule has 7 nitrogen and oxygen atoms in total. The monoisotopic (exact) mass is 300 g/mol. The lowest BCUT2D eigenvalue weighted by Gasteiger charge is -2.11. The largest absolute Gasteiger partial charge is 0.429 e. The maximum absolute atomic E-state index is 12.1. The molecule has 0 atom stereocenters. The molecule has 2 aromatic rings. The molecule has 22 heavy (non-hydrogen) atoms. The third-order valence-electron chi connectivity index (χ3n) is 3.18. The van der Waals surface area contributed by atoms with Gasteiger partial charge in [0, 0.05) is 18.4 Å². The van der Waals surface area contributed by atoms with Gasteiger partial charge in [-0.2, -0.15) is 0 Å². The van der Waals surface area contributed by atoms with Crippen LogP contribution in [0, 0.1) is 6.92 Å². The van der Waals surface area contributed by atoms with E-state index in [1.54, 1.807) is 19.1 Å². The van der Waals surface area contributed by atoms with Crippen molar-refractivity contribution in [3.63, 3.8) is 0 Å². The summed E-state index contributed by atoms with van der Waals surface area (Å²) in [4.78, 5) is 43.9. The number of benzene rings is 1. The number of hydrogen-bond acceptors (Lipinski definition) is 6. The average Bonchev–Trinajstić information content (AvgIpc) is 3.05. The summed E-state index contributed by atoms with van der Waals surface area (Å²) in [5.74, 6) is -1.87. The SMILES string of the molecule is Cc1nc(-c2ccccc2)oc1C(=O)ON1C(=O)CCC1=O. The van der Waals surface area contributed by atoms with E-state index in [0.29, 0.717) is 16.3 Å². The minimum atomic E-state index is -0.921. The summed E-state index contributed by atoms with van der Waals surface area (Å²) in [6, 6.07) is 9.05. The Labute approximate surface area is 125 Å². The van der Waals surface area contributed by atoms with Gasteiger partial charge in [-0.3, -0.25) is 9.59 Å². The van der Waals surface area contributed by atoms with Gasteiger partial charge in [0.1, 0.15) is 0 Å². The van der Waals surface area contributed by atoms with E-state index in [2.05, 4.69) is 4.98 Å². The first-order chi connectivity index (χ1) is 10.6. The van der Waals surface area contributed by atoms with Crippen molar-refractivity contribution in [1.82, 2.24) is 10.0 Å². The Bertz CT molecular complexity index is 735. The zero-order chi connectivity index (χ0) is 15.7. The first kappa shape index (κ1) is 14.0. The van der Waals surface area contributed by atoms with Crippen molar-refractivity contribution in [3.05, 3.63) is 41.8 Å². The Morgan fingerprint density at radius 2 is 1.82 bits per heavy atom. The van der Waals surface area contributed by atoms with Crippen LogP contribution in [0.4, 0.5) is 0 Å². The summed E-state index contributed by atoms with van der Waals surface area (Å²) in [6.45, 7) is 1.58. The number of amides is 2. The second kappa shape index (κ2) is 5.44. The van der Waals surface area contributed by atoms with Crippen LogP contribution in [0.1, 0.15) is 29.1 Å². The molecule has 0 aliphatic carbocycles. The molecule has 0 N–H and O–H groups in total. The van der Waals surface area contributed by atoms with Crippen molar-refractivity contribution in [2.24, 2.45) is 0 Å². The van der Waals surface area contributed by atoms with E-state index >= 15 is 0 Å². The number of nitrogens with zero attached hydrogens (tertiary/aromatic N) is 2. The molecule has 1 aliphatic heterocycles. The van der Waals surface area contributed by atoms with Gasteiger partial charge in [0.15, 0.2) is 0 Å². The third-order valence-corrected chi connectivity index (χ3v) is 3.18. The number of rotatable bonds is 3. The summed E-state index contributed by atoms with van der Waals surface area (Å²) < 4.78 is 5.41. The van der Waals surface area contributed by atoms with Gasteiger partial charge in [0.05, 0.1) is 5.69 Å². The molecule has 0 saturated carbocycles. The molecular formula is C15H12N2O5. The quantitative estimate of drug-likeness (QED) is 0.804. The predicted molar refractivity (Wildman–Crippen MR) is 73.2 cm³/mol. The molecule has 112 valence electrons. The summed E-state index contributed by atoms with van der Waals surface area (Å²) in [5, 5.41) is 0.479. The van der Waals surface area contributed by atoms with Gasteiger partial charge >= 0.3 is 5.97 Å². The minimum absolute atomic E-state index is 0.0385. The Hall–Kier alpha value is -2.96. The van der Waals surface area contributed by atoms with Gasteiger partial charge in [-0.15, -0.1) is 5.06 Å². The molecule has 1 fully saturated rings. The van der Waals surface area contributed by atoms with Crippen molar-refractivity contribution in [2.45, 2.75) is 19.8 Å². The number of aryl methyl sites for hydroxylation is 1. The first-order valence-corrected chi connectivity index (χ1v) is 6.67. The maximum Gasteiger partial charge on any atom is 0.401 e. The van der Waals surface area contributed by atoms with Crippen molar-refractivity contribution < 1.29 is 23.6 Å². The number of oxazole rings is 1. The van der Waals surface area contributed by atoms with E-state index in [0.717, 1.165) is 0 Å². The van der Waals surface area contributed by atoms with Crippen LogP contribution in [0.25, 0.3) is 11.5 Å². The number of carbonyl (C=O) groups excluding carboxylic acids is 3. The lowest BCUT2D eigenvalue weighted by Crippen LogP contribution is -2.32. The number of carbonyl (C=O) groups is 3. The van der Waals surface area contributed by atoms with Crippen molar-refractivity contribution >= 4 is 17.8 Å². The van der Waals surface area contributed by atoms with E-state index in [1.807, 2.05) is 18.2 Å². The molecule has 0 spiro atoms. The van der Waals surface area contributed by atoms with Crippen LogP contribution in [-0.4, -0.2) is 27.8 Å². The fraction of sp³-hybridized carbons (Fsp3) is 0.200. The van der Waals surface area contributed by atoms with E-state index in [4.69, 9.17) is 9.25 Å². The Balaban J connectivity index is 1.83. The standard InChI is InChI=1S/C15H12N2O5/c1-9-13(15(20)22-17-11(18)7-8-12(17)19)21-14(16-9)10-5-3-2-4-6-10/h2-6H,7-8H2,1H3. The number of hydrogen-bond donors (Lipinski definition) is 0. The highest BCUT2D eigenvalue weighted by Gasteiger charge is 2.34. The molecule has 0 radical (unpaired) electrons. The van der Waals surface area contributed by atoms with Crippen LogP contribution in [0.15, 0.2) is 34.7 Å². The van der Waals surface area contributed by atoms with Gasteiger partial charge in [0.25, 0.3) is 11.8 Å². The second-order valence-corrected chi connectivity index (χ2v) is 4.76. The molecule has 1 aromatic carbocycles. The first-order valence-electron chi connectivity index (χ1n) is 6.67. The Morgan fingerprint density at radius 3 is 2.45 bits per heavy atom. The van der Waals surface area contributed by atoms with Gasteiger partial charge < -0.3 is 9.25 Å². The van der Waals surface area contributed by atoms with Crippen LogP contribution in [0.3, 0.4) is 0 Å². The highest BCUT2D eigenvalue weighted by molar-refractivity contribution is 6.02. The third kappa shape index (κ3) is 2.48. The molecule has 0 unspecified atom stereocenters. The predicted octanol–water partition coefficient (Wildman–Crippen LogP) is 1.87. The van der Waals surface area contributed by atoms with E-state index < -0.39 is 17.8 Å². The molecule has 2 heterocycles. The molecule has 3 rings (SSSR count). The lowest BCUT2D eigenvalue weighted by atomic mass is 10.2. The minimum Gasteiger partial charge on any atom is -0.429 e. The molecule has 1 aromatic heterocycles. The normalized spacial score (nSPS) is 14.5. The number of hydroxylamine groups is 2. The Kier molecular flexibility index (Phi) is 3.46. The zero-order valence-electron chi connectivity index (χ0n) is 11.7. The van der Waals surface area contributed by atoms with Crippen LogP contribution in [0.2, 0.25) is 0 Å². The number of imide groups is 1. The fourth-order valence-electron chi connectivity index (χ4n) is 2.07. The van der Waals surface area contributed by atoms with E-state index in [-0.39, 0.29) is 24.5 Å². The van der Waals surface area contributed by atoms with Gasteiger partial charge in [0.2, 0.25) is 11.7 Å². The zero-order valence-corrected chi connectivity index (χ0v) is 11.7. The van der Waals surface area contributed by atoms with Crippen molar-refractivity contribution in [3.8, 4) is 11.5 Å². The molecule has 1 aliphatic rings. The van der Waals surface area contributed by atoms with Gasteiger partial charge in [-0.25, -0.2) is 9.78 Å². The summed E-state index contributed by atoms with van der Waals surface area (Å²) in [6.07, 6.45) is 0.0769. The van der Waals surface area contributed by atoms with Gasteiger partial charge in [-0.05, 0) is 19.1 Å². The van der Waals surface area contributed by atoms with Gasteiger partial charge in [-0.1, -0.05) is 18.2 Å². The smallest absolute Gasteiger partial charge is 0.401 e. The summed E-state index contributed by atoms with van der Waals surface area (Å²) in [7, 11) is 0. The van der Waals surface area contributed by atoms with Crippen LogP contribution >= 0.6 is 0 Å². The topological polar surface area (TPSA) is 89.7 Å². The molecule has 7 heteroatoms. The van der Waals surface area contributed by atoms with Crippen LogP contribution in [-0.2, 0) is 14.4 Å². The molecule has 1 saturated heterocycles. The number of aromatic nitrogens is 1. The van der Waals surface area contributed by atoms with E-state index in [1.165, 1.54) is 0 Å². The average molecular weight is 300 g/mol. The van der Waals surface area contributed by atoms with Crippen molar-refractivity contribution in [2.75, 3.05) is 0 Å². The van der Waals surface area contributed by atoms with Crippen LogP contribution < -0.4 is 0 Å². The summed E-state index contributed by atoms with van der Waals surface area (Å²) >= 11 is 0. The lowest BCUT2D eigenvalue weighted by molar-refractivity contribution is -0.173. The highest BCUT2D eigenvalue weighted by Crippen LogP contribution is 2.23. The second-order valence-electron chi connectivity index (χ2n) is 4.76. The summed E-state index contributed by atoms with van der Waals surface area (Å²) in [5.41, 5.74) is 1.03.